The molecule has 0 bridgehead atoms. The van der Waals surface area contributed by atoms with Crippen LogP contribution in [0.3, 0.4) is 0 Å². The molecular formula is C17H17Cl2NO. The largest absolute Gasteiger partial charge is 0.333 e. The van der Waals surface area contributed by atoms with Crippen molar-refractivity contribution >= 4 is 29.1 Å². The van der Waals surface area contributed by atoms with Gasteiger partial charge in [0.25, 0.3) is 5.91 Å². The fourth-order valence-corrected chi connectivity index (χ4v) is 2.53. The van der Waals surface area contributed by atoms with Crippen LogP contribution in [0.4, 0.5) is 0 Å². The minimum Gasteiger partial charge on any atom is -0.333 e. The van der Waals surface area contributed by atoms with Crippen molar-refractivity contribution < 1.29 is 4.79 Å². The summed E-state index contributed by atoms with van der Waals surface area (Å²) >= 11 is 11.9. The number of amides is 1. The molecule has 0 aliphatic rings. The van der Waals surface area contributed by atoms with Crippen molar-refractivity contribution in [2.24, 2.45) is 0 Å². The maximum atomic E-state index is 12.7. The number of benzene rings is 2. The van der Waals surface area contributed by atoms with E-state index >= 15 is 0 Å². The molecule has 2 aromatic carbocycles. The van der Waals surface area contributed by atoms with Gasteiger partial charge >= 0.3 is 0 Å². The van der Waals surface area contributed by atoms with E-state index in [1.165, 1.54) is 0 Å². The average Bonchev–Trinajstić information content (AvgIpc) is 2.49. The molecule has 0 saturated heterocycles. The van der Waals surface area contributed by atoms with Crippen LogP contribution in [0.15, 0.2) is 48.5 Å². The molecule has 21 heavy (non-hydrogen) atoms. The molecule has 2 rings (SSSR count). The van der Waals surface area contributed by atoms with Gasteiger partial charge in [-0.3, -0.25) is 4.79 Å². The third-order valence-corrected chi connectivity index (χ3v) is 3.69. The molecule has 0 aliphatic heterocycles. The smallest absolute Gasteiger partial charge is 0.254 e. The highest BCUT2D eigenvalue weighted by molar-refractivity contribution is 6.31. The summed E-state index contributed by atoms with van der Waals surface area (Å²) < 4.78 is 0. The van der Waals surface area contributed by atoms with E-state index in [4.69, 9.17) is 23.2 Å². The highest BCUT2D eigenvalue weighted by Crippen LogP contribution is 2.18. The van der Waals surface area contributed by atoms with Gasteiger partial charge < -0.3 is 4.90 Å². The van der Waals surface area contributed by atoms with Gasteiger partial charge in [0.15, 0.2) is 0 Å². The minimum absolute atomic E-state index is 0.0421. The molecule has 0 heterocycles. The number of rotatable bonds is 5. The Bertz CT molecular complexity index is 613. The Morgan fingerprint density at radius 1 is 1.14 bits per heavy atom. The molecule has 2 nitrogen and oxygen atoms in total. The zero-order valence-corrected chi connectivity index (χ0v) is 13.4. The molecule has 0 saturated carbocycles. The van der Waals surface area contributed by atoms with E-state index < -0.39 is 0 Å². The molecule has 0 fully saturated rings. The zero-order chi connectivity index (χ0) is 15.2. The number of hydrogen-bond donors (Lipinski definition) is 0. The van der Waals surface area contributed by atoms with E-state index in [1.54, 1.807) is 17.0 Å². The van der Waals surface area contributed by atoms with E-state index in [0.717, 1.165) is 11.1 Å². The highest BCUT2D eigenvalue weighted by Gasteiger charge is 2.18. The Kier molecular flexibility index (Phi) is 5.66. The number of alkyl halides is 1. The molecule has 2 aromatic rings. The monoisotopic (exact) mass is 321 g/mol. The molecule has 0 atom stereocenters. The van der Waals surface area contributed by atoms with Gasteiger partial charge in [0.05, 0.1) is 0 Å². The number of nitrogens with zero attached hydrogens (tertiary/aromatic N) is 1. The van der Waals surface area contributed by atoms with Gasteiger partial charge in [-0.05, 0) is 30.2 Å². The predicted octanol–water partition coefficient (Wildman–Crippen LogP) is 4.53. The molecule has 0 unspecified atom stereocenters. The van der Waals surface area contributed by atoms with Crippen LogP contribution in [-0.2, 0) is 6.54 Å². The van der Waals surface area contributed by atoms with Crippen LogP contribution in [0, 0.1) is 6.92 Å². The van der Waals surface area contributed by atoms with Crippen molar-refractivity contribution in [1.29, 1.82) is 0 Å². The Hall–Kier alpha value is -1.51. The topological polar surface area (TPSA) is 20.3 Å². The SMILES string of the molecule is Cc1ccc(Cl)cc1C(=O)N(CCCl)Cc1ccccc1. The number of carbonyl (C=O) groups excluding carboxylic acids is 1. The summed E-state index contributed by atoms with van der Waals surface area (Å²) in [4.78, 5) is 14.5. The van der Waals surface area contributed by atoms with Crippen LogP contribution in [0.2, 0.25) is 5.02 Å². The van der Waals surface area contributed by atoms with Crippen molar-refractivity contribution in [3.63, 3.8) is 0 Å². The Morgan fingerprint density at radius 3 is 2.52 bits per heavy atom. The van der Waals surface area contributed by atoms with Crippen LogP contribution in [-0.4, -0.2) is 23.2 Å². The van der Waals surface area contributed by atoms with E-state index in [1.807, 2.05) is 43.3 Å². The fourth-order valence-electron chi connectivity index (χ4n) is 2.15. The van der Waals surface area contributed by atoms with Crippen molar-refractivity contribution in [1.82, 2.24) is 4.90 Å². The molecule has 0 N–H and O–H groups in total. The van der Waals surface area contributed by atoms with Gasteiger partial charge in [-0.1, -0.05) is 48.0 Å². The second kappa shape index (κ2) is 7.48. The number of aryl methyl sites for hydroxylation is 1. The lowest BCUT2D eigenvalue weighted by Crippen LogP contribution is -2.32. The van der Waals surface area contributed by atoms with Crippen LogP contribution < -0.4 is 0 Å². The molecule has 0 spiro atoms. The van der Waals surface area contributed by atoms with Gasteiger partial charge in [-0.25, -0.2) is 0 Å². The van der Waals surface area contributed by atoms with Gasteiger partial charge in [0, 0.05) is 29.6 Å². The summed E-state index contributed by atoms with van der Waals surface area (Å²) in [7, 11) is 0. The standard InChI is InChI=1S/C17H17Cl2NO/c1-13-7-8-15(19)11-16(13)17(21)20(10-9-18)12-14-5-3-2-4-6-14/h2-8,11H,9-10,12H2,1H3. The first-order valence-corrected chi connectivity index (χ1v) is 7.68. The summed E-state index contributed by atoms with van der Waals surface area (Å²) in [6.45, 7) is 2.95. The van der Waals surface area contributed by atoms with E-state index in [2.05, 4.69) is 0 Å². The maximum absolute atomic E-state index is 12.7. The van der Waals surface area contributed by atoms with Crippen LogP contribution in [0.1, 0.15) is 21.5 Å². The molecular weight excluding hydrogens is 305 g/mol. The molecule has 4 heteroatoms. The maximum Gasteiger partial charge on any atom is 0.254 e. The second-order valence-electron chi connectivity index (χ2n) is 4.86. The Balaban J connectivity index is 2.25. The zero-order valence-electron chi connectivity index (χ0n) is 11.9. The van der Waals surface area contributed by atoms with Crippen LogP contribution in [0.5, 0.6) is 0 Å². The Morgan fingerprint density at radius 2 is 1.86 bits per heavy atom. The molecule has 1 amide bonds. The number of carbonyl (C=O) groups is 1. The van der Waals surface area contributed by atoms with Crippen molar-refractivity contribution in [3.8, 4) is 0 Å². The van der Waals surface area contributed by atoms with Crippen molar-refractivity contribution in [2.75, 3.05) is 12.4 Å². The van der Waals surface area contributed by atoms with Crippen molar-refractivity contribution in [2.45, 2.75) is 13.5 Å². The van der Waals surface area contributed by atoms with Gasteiger partial charge in [-0.15, -0.1) is 11.6 Å². The third kappa shape index (κ3) is 4.23. The van der Waals surface area contributed by atoms with E-state index in [0.29, 0.717) is 29.6 Å². The fraction of sp³-hybridized carbons (Fsp3) is 0.235. The van der Waals surface area contributed by atoms with Crippen LogP contribution >= 0.6 is 23.2 Å². The first-order chi connectivity index (χ1) is 10.1. The summed E-state index contributed by atoms with van der Waals surface area (Å²) in [6, 6.07) is 15.2. The molecule has 110 valence electrons. The first kappa shape index (κ1) is 15.9. The van der Waals surface area contributed by atoms with Gasteiger partial charge in [-0.2, -0.15) is 0 Å². The lowest BCUT2D eigenvalue weighted by molar-refractivity contribution is 0.0753. The second-order valence-corrected chi connectivity index (χ2v) is 5.67. The summed E-state index contributed by atoms with van der Waals surface area (Å²) in [6.07, 6.45) is 0. The predicted molar refractivity (Wildman–Crippen MR) is 88.1 cm³/mol. The minimum atomic E-state index is -0.0421. The quantitative estimate of drug-likeness (QED) is 0.741. The van der Waals surface area contributed by atoms with Gasteiger partial charge in [0.2, 0.25) is 0 Å². The number of halogens is 2. The molecule has 0 radical (unpaired) electrons. The first-order valence-electron chi connectivity index (χ1n) is 6.77. The highest BCUT2D eigenvalue weighted by atomic mass is 35.5. The third-order valence-electron chi connectivity index (χ3n) is 3.29. The number of hydrogen-bond acceptors (Lipinski definition) is 1. The average molecular weight is 322 g/mol. The van der Waals surface area contributed by atoms with Gasteiger partial charge in [0.1, 0.15) is 0 Å². The normalized spacial score (nSPS) is 10.4. The Labute approximate surface area is 135 Å². The van der Waals surface area contributed by atoms with E-state index in [9.17, 15) is 4.79 Å². The summed E-state index contributed by atoms with van der Waals surface area (Å²) in [5.41, 5.74) is 2.62. The van der Waals surface area contributed by atoms with E-state index in [-0.39, 0.29) is 5.91 Å². The summed E-state index contributed by atoms with van der Waals surface area (Å²) in [5, 5.41) is 0.564. The van der Waals surface area contributed by atoms with Crippen molar-refractivity contribution in [3.05, 3.63) is 70.2 Å². The lowest BCUT2D eigenvalue weighted by Gasteiger charge is -2.23. The molecule has 0 aliphatic carbocycles. The summed E-state index contributed by atoms with van der Waals surface area (Å²) in [5.74, 6) is 0.359. The van der Waals surface area contributed by atoms with Crippen LogP contribution in [0.25, 0.3) is 0 Å². The lowest BCUT2D eigenvalue weighted by atomic mass is 10.1. The molecule has 0 aromatic heterocycles.